The zero-order valence-electron chi connectivity index (χ0n) is 13.3. The summed E-state index contributed by atoms with van der Waals surface area (Å²) in [5, 5.41) is 9.80. The van der Waals surface area contributed by atoms with Crippen molar-refractivity contribution in [3.63, 3.8) is 0 Å². The monoisotopic (exact) mass is 288 g/mol. The molecule has 1 aliphatic heterocycles. The second-order valence-electron chi connectivity index (χ2n) is 3.98. The van der Waals surface area contributed by atoms with E-state index in [4.69, 9.17) is 10.00 Å². The molecule has 0 spiro atoms. The van der Waals surface area contributed by atoms with Crippen LogP contribution in [-0.4, -0.2) is 36.3 Å². The molecule has 0 atom stereocenters. The van der Waals surface area contributed by atoms with Gasteiger partial charge in [-0.25, -0.2) is 4.98 Å². The number of nitrogens with zero attached hydrogens (tertiary/aromatic N) is 3. The first kappa shape index (κ1) is 17.0. The van der Waals surface area contributed by atoms with Crippen LogP contribution in [0, 0.1) is 11.3 Å². The SMILES string of the molecule is CC.CC.N#Cc1c[nH]c2nc(N3CCOCC3)ccc12. The minimum absolute atomic E-state index is 0.640. The molecule has 2 aromatic heterocycles. The number of H-pyrrole nitrogens is 1. The maximum Gasteiger partial charge on any atom is 0.141 e. The third kappa shape index (κ3) is 3.96. The second kappa shape index (κ2) is 8.98. The van der Waals surface area contributed by atoms with Crippen molar-refractivity contribution in [1.29, 1.82) is 5.26 Å². The van der Waals surface area contributed by atoms with E-state index in [9.17, 15) is 0 Å². The van der Waals surface area contributed by atoms with Gasteiger partial charge in [-0.3, -0.25) is 0 Å². The van der Waals surface area contributed by atoms with E-state index in [1.165, 1.54) is 0 Å². The molecule has 1 aliphatic rings. The number of nitriles is 1. The summed E-state index contributed by atoms with van der Waals surface area (Å²) >= 11 is 0. The van der Waals surface area contributed by atoms with E-state index >= 15 is 0 Å². The first-order valence-electron chi connectivity index (χ1n) is 7.59. The summed E-state index contributed by atoms with van der Waals surface area (Å²) in [5.74, 6) is 0.937. The Hall–Kier alpha value is -2.06. The van der Waals surface area contributed by atoms with E-state index in [0.29, 0.717) is 5.56 Å². The van der Waals surface area contributed by atoms with Crippen molar-refractivity contribution >= 4 is 16.9 Å². The Morgan fingerprint density at radius 3 is 2.48 bits per heavy atom. The number of morpholine rings is 1. The van der Waals surface area contributed by atoms with E-state index in [-0.39, 0.29) is 0 Å². The van der Waals surface area contributed by atoms with Crippen molar-refractivity contribution in [3.05, 3.63) is 23.9 Å². The van der Waals surface area contributed by atoms with Crippen LogP contribution in [0.3, 0.4) is 0 Å². The van der Waals surface area contributed by atoms with Crippen LogP contribution in [0.5, 0.6) is 0 Å². The molecular formula is C16H24N4O. The van der Waals surface area contributed by atoms with Gasteiger partial charge in [0.05, 0.1) is 18.8 Å². The Kier molecular flexibility index (Phi) is 7.27. The fraction of sp³-hybridized carbons (Fsp3) is 0.500. The number of aromatic nitrogens is 2. The van der Waals surface area contributed by atoms with Crippen LogP contribution in [0.25, 0.3) is 11.0 Å². The van der Waals surface area contributed by atoms with Crippen LogP contribution in [0.15, 0.2) is 18.3 Å². The molecule has 0 unspecified atom stereocenters. The van der Waals surface area contributed by atoms with Gasteiger partial charge in [0.1, 0.15) is 17.5 Å². The normalized spacial score (nSPS) is 13.6. The molecule has 0 radical (unpaired) electrons. The van der Waals surface area contributed by atoms with E-state index < -0.39 is 0 Å². The zero-order valence-corrected chi connectivity index (χ0v) is 13.3. The number of nitrogens with one attached hydrogen (secondary N) is 1. The van der Waals surface area contributed by atoms with E-state index in [1.54, 1.807) is 6.20 Å². The van der Waals surface area contributed by atoms with Crippen LogP contribution in [-0.2, 0) is 4.74 Å². The van der Waals surface area contributed by atoms with Gasteiger partial charge in [-0.1, -0.05) is 27.7 Å². The molecule has 5 heteroatoms. The fourth-order valence-corrected chi connectivity index (χ4v) is 2.06. The summed E-state index contributed by atoms with van der Waals surface area (Å²) in [6, 6.07) is 6.05. The molecule has 2 aromatic rings. The first-order valence-corrected chi connectivity index (χ1v) is 7.59. The van der Waals surface area contributed by atoms with Gasteiger partial charge < -0.3 is 14.6 Å². The van der Waals surface area contributed by atoms with Crippen LogP contribution in [0.2, 0.25) is 0 Å². The number of fused-ring (bicyclic) bond motifs is 1. The molecule has 0 bridgehead atoms. The molecule has 1 N–H and O–H groups in total. The highest BCUT2D eigenvalue weighted by Crippen LogP contribution is 2.20. The maximum atomic E-state index is 8.92. The van der Waals surface area contributed by atoms with E-state index in [1.807, 2.05) is 39.8 Å². The summed E-state index contributed by atoms with van der Waals surface area (Å²) in [6.07, 6.45) is 1.70. The highest BCUT2D eigenvalue weighted by Gasteiger charge is 2.13. The highest BCUT2D eigenvalue weighted by atomic mass is 16.5. The number of pyridine rings is 1. The maximum absolute atomic E-state index is 8.92. The fourth-order valence-electron chi connectivity index (χ4n) is 2.06. The lowest BCUT2D eigenvalue weighted by atomic mass is 10.2. The number of anilines is 1. The molecule has 0 aliphatic carbocycles. The summed E-state index contributed by atoms with van der Waals surface area (Å²) in [7, 11) is 0. The predicted molar refractivity (Wildman–Crippen MR) is 86.5 cm³/mol. The third-order valence-electron chi connectivity index (χ3n) is 2.98. The van der Waals surface area contributed by atoms with Gasteiger partial charge in [-0.15, -0.1) is 0 Å². The number of rotatable bonds is 1. The van der Waals surface area contributed by atoms with Gasteiger partial charge in [-0.05, 0) is 12.1 Å². The van der Waals surface area contributed by atoms with Gasteiger partial charge in [0.25, 0.3) is 0 Å². The van der Waals surface area contributed by atoms with Crippen molar-refractivity contribution in [2.75, 3.05) is 31.2 Å². The molecule has 1 saturated heterocycles. The first-order chi connectivity index (χ1) is 10.4. The van der Waals surface area contributed by atoms with Crippen molar-refractivity contribution < 1.29 is 4.74 Å². The van der Waals surface area contributed by atoms with Crippen molar-refractivity contribution in [2.45, 2.75) is 27.7 Å². The molecule has 0 saturated carbocycles. The lowest BCUT2D eigenvalue weighted by molar-refractivity contribution is 0.122. The minimum atomic E-state index is 0.640. The Bertz CT molecular complexity index is 579. The van der Waals surface area contributed by atoms with E-state index in [0.717, 1.165) is 43.2 Å². The van der Waals surface area contributed by atoms with Crippen LogP contribution in [0.4, 0.5) is 5.82 Å². The van der Waals surface area contributed by atoms with Gasteiger partial charge in [0.2, 0.25) is 0 Å². The topological polar surface area (TPSA) is 64.9 Å². The van der Waals surface area contributed by atoms with Crippen molar-refractivity contribution in [2.24, 2.45) is 0 Å². The van der Waals surface area contributed by atoms with Gasteiger partial charge in [0, 0.05) is 24.7 Å². The lowest BCUT2D eigenvalue weighted by Crippen LogP contribution is -2.36. The van der Waals surface area contributed by atoms with Crippen LogP contribution in [0.1, 0.15) is 33.3 Å². The molecule has 5 nitrogen and oxygen atoms in total. The summed E-state index contributed by atoms with van der Waals surface area (Å²) < 4.78 is 5.31. The van der Waals surface area contributed by atoms with Gasteiger partial charge in [0.15, 0.2) is 0 Å². The Labute approximate surface area is 126 Å². The molecule has 3 heterocycles. The highest BCUT2D eigenvalue weighted by molar-refractivity contribution is 5.83. The minimum Gasteiger partial charge on any atom is -0.378 e. The Morgan fingerprint density at radius 1 is 1.19 bits per heavy atom. The number of aromatic amines is 1. The molecule has 0 amide bonds. The molecule has 114 valence electrons. The average Bonchev–Trinajstić information content (AvgIpc) is 3.01. The predicted octanol–water partition coefficient (Wildman–Crippen LogP) is 3.32. The number of ether oxygens (including phenoxy) is 1. The quantitative estimate of drug-likeness (QED) is 0.874. The van der Waals surface area contributed by atoms with Gasteiger partial charge >= 0.3 is 0 Å². The molecule has 0 aromatic carbocycles. The summed E-state index contributed by atoms with van der Waals surface area (Å²) in [4.78, 5) is 9.75. The lowest BCUT2D eigenvalue weighted by Gasteiger charge is -2.27. The van der Waals surface area contributed by atoms with Crippen molar-refractivity contribution in [1.82, 2.24) is 9.97 Å². The smallest absolute Gasteiger partial charge is 0.141 e. The third-order valence-corrected chi connectivity index (χ3v) is 2.98. The molecule has 21 heavy (non-hydrogen) atoms. The summed E-state index contributed by atoms with van der Waals surface area (Å²) in [6.45, 7) is 11.2. The summed E-state index contributed by atoms with van der Waals surface area (Å²) in [5.41, 5.74) is 1.41. The standard InChI is InChI=1S/C12H12N4O.2C2H6/c13-7-9-8-14-12-10(9)1-2-11(15-12)16-3-5-17-6-4-16;2*1-2/h1-2,8H,3-6H2,(H,14,15);2*1-2H3. The molecule has 1 fully saturated rings. The Balaban J connectivity index is 0.000000510. The van der Waals surface area contributed by atoms with E-state index in [2.05, 4.69) is 20.9 Å². The molecule has 3 rings (SSSR count). The average molecular weight is 288 g/mol. The number of hydrogen-bond acceptors (Lipinski definition) is 4. The Morgan fingerprint density at radius 2 is 1.86 bits per heavy atom. The molecular weight excluding hydrogens is 264 g/mol. The zero-order chi connectivity index (χ0) is 15.7. The van der Waals surface area contributed by atoms with Crippen LogP contribution >= 0.6 is 0 Å². The van der Waals surface area contributed by atoms with Gasteiger partial charge in [-0.2, -0.15) is 5.26 Å². The largest absolute Gasteiger partial charge is 0.378 e. The second-order valence-corrected chi connectivity index (χ2v) is 3.98. The van der Waals surface area contributed by atoms with Crippen LogP contribution < -0.4 is 4.90 Å². The number of hydrogen-bond donors (Lipinski definition) is 1. The van der Waals surface area contributed by atoms with Crippen molar-refractivity contribution in [3.8, 4) is 6.07 Å².